The molecule has 1 aromatic carbocycles. The molecule has 5 nitrogen and oxygen atoms in total. The molecule has 2 aliphatic heterocycles. The molecular weight excluding hydrogens is 394 g/mol. The molecule has 0 unspecified atom stereocenters. The highest BCUT2D eigenvalue weighted by Gasteiger charge is 2.27. The number of halogens is 1. The van der Waals surface area contributed by atoms with Crippen molar-refractivity contribution in [3.8, 4) is 0 Å². The van der Waals surface area contributed by atoms with Crippen molar-refractivity contribution < 1.29 is 9.59 Å². The van der Waals surface area contributed by atoms with E-state index in [0.29, 0.717) is 16.0 Å². The second-order valence-corrected chi connectivity index (χ2v) is 8.04. The van der Waals surface area contributed by atoms with Crippen LogP contribution in [-0.2, 0) is 4.79 Å². The summed E-state index contributed by atoms with van der Waals surface area (Å²) in [5.74, 6) is -0.344. The van der Waals surface area contributed by atoms with Crippen molar-refractivity contribution in [2.45, 2.75) is 52.5 Å². The van der Waals surface area contributed by atoms with E-state index in [1.807, 2.05) is 32.0 Å². The van der Waals surface area contributed by atoms with Gasteiger partial charge < -0.3 is 10.2 Å². The number of imide groups is 1. The predicted octanol–water partition coefficient (Wildman–Crippen LogP) is 5.05. The monoisotopic (exact) mass is 423 g/mol. The van der Waals surface area contributed by atoms with Crippen LogP contribution in [0.15, 0.2) is 23.1 Å². The van der Waals surface area contributed by atoms with E-state index in [4.69, 9.17) is 11.6 Å². The summed E-state index contributed by atoms with van der Waals surface area (Å²) in [6.07, 6.45) is 6.39. The number of nitrogens with one attached hydrogen (secondary N) is 2. The van der Waals surface area contributed by atoms with Crippen molar-refractivity contribution in [2.75, 3.05) is 24.5 Å². The van der Waals surface area contributed by atoms with Gasteiger partial charge in [0.2, 0.25) is 0 Å². The van der Waals surface area contributed by atoms with Crippen LogP contribution >= 0.6 is 23.4 Å². The summed E-state index contributed by atoms with van der Waals surface area (Å²) in [7, 11) is 0. The quantitative estimate of drug-likeness (QED) is 0.495. The lowest BCUT2D eigenvalue weighted by Crippen LogP contribution is -2.46. The van der Waals surface area contributed by atoms with Gasteiger partial charge in [-0.05, 0) is 49.7 Å². The van der Waals surface area contributed by atoms with E-state index in [1.54, 1.807) is 6.08 Å². The minimum atomic E-state index is -0.344. The summed E-state index contributed by atoms with van der Waals surface area (Å²) in [6.45, 7) is 9.06. The molecule has 0 saturated carbocycles. The zero-order chi connectivity index (χ0) is 20.5. The molecule has 2 aliphatic rings. The number of hydrogen-bond donors (Lipinski definition) is 2. The Kier molecular flexibility index (Phi) is 9.35. The Morgan fingerprint density at radius 2 is 2.14 bits per heavy atom. The lowest BCUT2D eigenvalue weighted by atomic mass is 10.0. The minimum Gasteiger partial charge on any atom is -0.368 e. The van der Waals surface area contributed by atoms with E-state index in [9.17, 15) is 9.59 Å². The number of para-hydroxylation sites is 1. The molecule has 28 heavy (non-hydrogen) atoms. The number of hydrogen-bond acceptors (Lipinski definition) is 5. The Hall–Kier alpha value is -1.50. The van der Waals surface area contributed by atoms with Crippen LogP contribution in [0.2, 0.25) is 5.02 Å². The third-order valence-corrected chi connectivity index (χ3v) is 5.76. The highest BCUT2D eigenvalue weighted by atomic mass is 35.5. The molecule has 2 amide bonds. The van der Waals surface area contributed by atoms with Gasteiger partial charge in [0.1, 0.15) is 0 Å². The average molecular weight is 424 g/mol. The first-order valence-corrected chi connectivity index (χ1v) is 11.3. The zero-order valence-corrected chi connectivity index (χ0v) is 18.5. The van der Waals surface area contributed by atoms with E-state index < -0.39 is 0 Å². The predicted molar refractivity (Wildman–Crippen MR) is 120 cm³/mol. The van der Waals surface area contributed by atoms with E-state index in [-0.39, 0.29) is 11.1 Å². The van der Waals surface area contributed by atoms with E-state index in [1.165, 1.54) is 12.8 Å². The van der Waals surface area contributed by atoms with Gasteiger partial charge >= 0.3 is 0 Å². The first-order valence-electron chi connectivity index (χ1n) is 10.1. The Labute approximate surface area is 177 Å². The Morgan fingerprint density at radius 3 is 2.82 bits per heavy atom. The largest absolute Gasteiger partial charge is 0.368 e. The Morgan fingerprint density at radius 1 is 1.36 bits per heavy atom. The molecule has 0 bridgehead atoms. The van der Waals surface area contributed by atoms with Crippen LogP contribution in [-0.4, -0.2) is 36.8 Å². The van der Waals surface area contributed by atoms with E-state index in [0.717, 1.165) is 55.5 Å². The van der Waals surface area contributed by atoms with Gasteiger partial charge in [0.25, 0.3) is 11.1 Å². The topological polar surface area (TPSA) is 61.4 Å². The molecule has 7 heteroatoms. The maximum absolute atomic E-state index is 11.9. The van der Waals surface area contributed by atoms with Crippen LogP contribution in [0.1, 0.15) is 52.0 Å². The summed E-state index contributed by atoms with van der Waals surface area (Å²) in [5.41, 5.74) is 1.82. The SMILES string of the molecule is CC.CCCCN[C@@H]1CCCN(c2c(Cl)cccc2/C=C2\SC(=O)NC2=O)C1. The van der Waals surface area contributed by atoms with Gasteiger partial charge in [-0.15, -0.1) is 0 Å². The lowest BCUT2D eigenvalue weighted by molar-refractivity contribution is -0.115. The number of amides is 2. The van der Waals surface area contributed by atoms with Gasteiger partial charge in [-0.2, -0.15) is 0 Å². The van der Waals surface area contributed by atoms with Crippen LogP contribution < -0.4 is 15.5 Å². The first kappa shape index (κ1) is 22.8. The number of carbonyl (C=O) groups excluding carboxylic acids is 2. The van der Waals surface area contributed by atoms with Crippen molar-refractivity contribution in [1.29, 1.82) is 0 Å². The van der Waals surface area contributed by atoms with Gasteiger partial charge in [0.05, 0.1) is 15.6 Å². The van der Waals surface area contributed by atoms with Gasteiger partial charge in [-0.1, -0.05) is 50.9 Å². The number of rotatable bonds is 6. The molecule has 2 fully saturated rings. The van der Waals surface area contributed by atoms with E-state index >= 15 is 0 Å². The highest BCUT2D eigenvalue weighted by Crippen LogP contribution is 2.35. The van der Waals surface area contributed by atoms with Crippen molar-refractivity contribution in [3.05, 3.63) is 33.7 Å². The van der Waals surface area contributed by atoms with Crippen LogP contribution in [0.3, 0.4) is 0 Å². The maximum atomic E-state index is 11.9. The molecule has 2 N–H and O–H groups in total. The van der Waals surface area contributed by atoms with Gasteiger partial charge in [-0.25, -0.2) is 0 Å². The van der Waals surface area contributed by atoms with E-state index in [2.05, 4.69) is 22.5 Å². The smallest absolute Gasteiger partial charge is 0.290 e. The van der Waals surface area contributed by atoms with Crippen LogP contribution in [0, 0.1) is 0 Å². The molecule has 0 spiro atoms. The molecule has 2 heterocycles. The highest BCUT2D eigenvalue weighted by molar-refractivity contribution is 8.18. The zero-order valence-electron chi connectivity index (χ0n) is 16.9. The van der Waals surface area contributed by atoms with Crippen molar-refractivity contribution in [2.24, 2.45) is 0 Å². The fourth-order valence-electron chi connectivity index (χ4n) is 3.37. The Balaban J connectivity index is 0.00000136. The third kappa shape index (κ3) is 6.00. The summed E-state index contributed by atoms with van der Waals surface area (Å²) in [4.78, 5) is 26.0. The lowest BCUT2D eigenvalue weighted by Gasteiger charge is -2.36. The fourth-order valence-corrected chi connectivity index (χ4v) is 4.35. The number of benzene rings is 1. The fraction of sp³-hybridized carbons (Fsp3) is 0.524. The summed E-state index contributed by atoms with van der Waals surface area (Å²) >= 11 is 7.45. The molecular formula is C21H30ClN3O2S. The molecule has 0 aliphatic carbocycles. The minimum absolute atomic E-state index is 0.331. The molecule has 3 rings (SSSR count). The summed E-state index contributed by atoms with van der Waals surface area (Å²) in [5, 5.41) is 6.27. The second-order valence-electron chi connectivity index (χ2n) is 6.62. The molecule has 2 saturated heterocycles. The first-order chi connectivity index (χ1) is 13.6. The maximum Gasteiger partial charge on any atom is 0.290 e. The van der Waals surface area contributed by atoms with Crippen LogP contribution in [0.25, 0.3) is 6.08 Å². The molecule has 1 atom stereocenters. The number of piperidine rings is 1. The Bertz CT molecular complexity index is 724. The number of thioether (sulfide) groups is 1. The molecule has 1 aromatic rings. The molecule has 154 valence electrons. The molecule has 0 radical (unpaired) electrons. The number of anilines is 1. The van der Waals surface area contributed by atoms with Gasteiger partial charge in [-0.3, -0.25) is 14.9 Å². The number of unbranched alkanes of at least 4 members (excludes halogenated alkanes) is 1. The summed E-state index contributed by atoms with van der Waals surface area (Å²) in [6, 6.07) is 6.13. The summed E-state index contributed by atoms with van der Waals surface area (Å²) < 4.78 is 0. The van der Waals surface area contributed by atoms with Crippen molar-refractivity contribution in [3.63, 3.8) is 0 Å². The number of nitrogens with zero attached hydrogens (tertiary/aromatic N) is 1. The molecule has 0 aromatic heterocycles. The van der Waals surface area contributed by atoms with Crippen molar-refractivity contribution in [1.82, 2.24) is 10.6 Å². The standard InChI is InChI=1S/C19H24ClN3O2S.C2H6/c1-2-3-9-21-14-7-5-10-23(12-14)17-13(6-4-8-15(17)20)11-16-18(24)22-19(25)26-16;1-2/h4,6,8,11,14,21H,2-3,5,7,9-10,12H2,1H3,(H,22,24,25);1-2H3/b16-11-;/t14-;/m1./s1. The van der Waals surface area contributed by atoms with Gasteiger partial charge in [0.15, 0.2) is 0 Å². The normalized spacial score (nSPS) is 20.8. The average Bonchev–Trinajstić information content (AvgIpc) is 3.01. The number of carbonyl (C=O) groups is 2. The third-order valence-electron chi connectivity index (χ3n) is 4.65. The second kappa shape index (κ2) is 11.5. The van der Waals surface area contributed by atoms with Crippen LogP contribution in [0.4, 0.5) is 10.5 Å². The van der Waals surface area contributed by atoms with Crippen LogP contribution in [0.5, 0.6) is 0 Å². The van der Waals surface area contributed by atoms with Gasteiger partial charge in [0, 0.05) is 24.7 Å². The van der Waals surface area contributed by atoms with Crippen molar-refractivity contribution >= 4 is 46.3 Å².